The summed E-state index contributed by atoms with van der Waals surface area (Å²) in [5, 5.41) is 10.1. The van der Waals surface area contributed by atoms with Crippen LogP contribution in [-0.2, 0) is 9.53 Å². The zero-order valence-corrected chi connectivity index (χ0v) is 26.9. The average Bonchev–Trinajstić information content (AvgIpc) is 3.25. The van der Waals surface area contributed by atoms with Crippen molar-refractivity contribution >= 4 is 5.97 Å². The van der Waals surface area contributed by atoms with Crippen LogP contribution in [0.2, 0.25) is 0 Å². The van der Waals surface area contributed by atoms with Gasteiger partial charge in [-0.2, -0.15) is 0 Å². The molecule has 0 radical (unpaired) electrons. The van der Waals surface area contributed by atoms with Crippen molar-refractivity contribution in [3.63, 3.8) is 0 Å². The second-order valence-corrected chi connectivity index (χ2v) is 14.5. The first kappa shape index (κ1) is 33.2. The van der Waals surface area contributed by atoms with Gasteiger partial charge in [0, 0.05) is 12.8 Å². The third kappa shape index (κ3) is 9.88. The topological polar surface area (TPSA) is 46.5 Å². The summed E-state index contributed by atoms with van der Waals surface area (Å²) in [4.78, 5) is 12.5. The number of allylic oxidation sites excluding steroid dienone is 4. The molecule has 1 unspecified atom stereocenters. The summed E-state index contributed by atoms with van der Waals surface area (Å²) in [6, 6.07) is 0. The minimum Gasteiger partial charge on any atom is -0.462 e. The second-order valence-electron chi connectivity index (χ2n) is 14.5. The zero-order chi connectivity index (χ0) is 29.2. The van der Waals surface area contributed by atoms with Crippen molar-refractivity contribution in [2.45, 2.75) is 168 Å². The van der Waals surface area contributed by atoms with E-state index in [0.29, 0.717) is 23.7 Å². The Hall–Kier alpha value is -1.35. The summed E-state index contributed by atoms with van der Waals surface area (Å²) < 4.78 is 5.93. The van der Waals surface area contributed by atoms with Gasteiger partial charge in [0.25, 0.3) is 0 Å². The van der Waals surface area contributed by atoms with Crippen LogP contribution < -0.4 is 0 Å². The molecule has 3 saturated carbocycles. The van der Waals surface area contributed by atoms with Gasteiger partial charge in [0.1, 0.15) is 6.10 Å². The monoisotopic (exact) mass is 554 g/mol. The third-order valence-corrected chi connectivity index (χ3v) is 10.6. The highest BCUT2D eigenvalue weighted by molar-refractivity contribution is 5.69. The van der Waals surface area contributed by atoms with E-state index in [4.69, 9.17) is 4.74 Å². The molecule has 0 aromatic carbocycles. The van der Waals surface area contributed by atoms with E-state index in [1.165, 1.54) is 81.8 Å². The maximum atomic E-state index is 12.5. The highest BCUT2D eigenvalue weighted by Gasteiger charge is 2.50. The summed E-state index contributed by atoms with van der Waals surface area (Å²) in [6.07, 6.45) is 26.2. The Morgan fingerprint density at radius 3 is 2.52 bits per heavy atom. The van der Waals surface area contributed by atoms with E-state index in [0.717, 1.165) is 50.9 Å². The van der Waals surface area contributed by atoms with E-state index in [9.17, 15) is 9.90 Å². The van der Waals surface area contributed by atoms with Gasteiger partial charge in [0.2, 0.25) is 0 Å². The quantitative estimate of drug-likeness (QED) is 0.162. The molecule has 0 amide bonds. The highest BCUT2D eigenvalue weighted by atomic mass is 16.5. The fraction of sp³-hybridized carbons (Fsp3) is 0.811. The zero-order valence-electron chi connectivity index (χ0n) is 26.9. The number of rotatable bonds is 15. The number of unbranched alkanes of at least 4 members (excludes halogenated alkanes) is 6. The Labute approximate surface area is 247 Å². The Kier molecular flexibility index (Phi) is 13.1. The van der Waals surface area contributed by atoms with Crippen LogP contribution in [0.15, 0.2) is 35.5 Å². The normalized spacial score (nSPS) is 30.1. The van der Waals surface area contributed by atoms with Crippen molar-refractivity contribution in [2.75, 3.05) is 0 Å². The van der Waals surface area contributed by atoms with Gasteiger partial charge in [-0.25, -0.2) is 0 Å². The van der Waals surface area contributed by atoms with Gasteiger partial charge in [0.15, 0.2) is 0 Å². The van der Waals surface area contributed by atoms with E-state index < -0.39 is 5.60 Å². The lowest BCUT2D eigenvalue weighted by Gasteiger charge is -2.44. The maximum Gasteiger partial charge on any atom is 0.306 e. The van der Waals surface area contributed by atoms with E-state index in [2.05, 4.69) is 39.5 Å². The standard InChI is InChI=1S/C37H62O3/c1-7-8-9-10-11-12-13-18-35(38)40-32-22-19-28(2)31(27-32)21-20-30-17-15-26-37(6)33(23-24-34(30)37)29(3)16-14-25-36(4,5)39/h20-21,29,32-34,39H,2,7-19,22-27H2,1,3-6H3/b30-20?,31-21-/t29-,32+,33-,34?,37-/m1/s1. The van der Waals surface area contributed by atoms with Crippen LogP contribution >= 0.6 is 0 Å². The lowest BCUT2D eigenvalue weighted by atomic mass is 9.60. The van der Waals surface area contributed by atoms with Crippen LogP contribution in [0, 0.1) is 23.2 Å². The Bertz CT molecular complexity index is 874. The van der Waals surface area contributed by atoms with E-state index in [1.54, 1.807) is 5.57 Å². The Balaban J connectivity index is 1.52. The molecular weight excluding hydrogens is 492 g/mol. The molecule has 0 saturated heterocycles. The van der Waals surface area contributed by atoms with E-state index >= 15 is 0 Å². The first-order chi connectivity index (χ1) is 19.0. The number of hydrogen-bond donors (Lipinski definition) is 1. The van der Waals surface area contributed by atoms with Crippen molar-refractivity contribution in [2.24, 2.45) is 23.2 Å². The van der Waals surface area contributed by atoms with Gasteiger partial charge < -0.3 is 9.84 Å². The van der Waals surface area contributed by atoms with Crippen LogP contribution in [-0.4, -0.2) is 22.8 Å². The molecule has 228 valence electrons. The van der Waals surface area contributed by atoms with Crippen LogP contribution in [0.4, 0.5) is 0 Å². The maximum absolute atomic E-state index is 12.5. The number of aliphatic hydroxyl groups is 1. The van der Waals surface area contributed by atoms with Gasteiger partial charge in [0.05, 0.1) is 5.60 Å². The van der Waals surface area contributed by atoms with Crippen LogP contribution in [0.1, 0.15) is 157 Å². The van der Waals surface area contributed by atoms with Crippen molar-refractivity contribution in [1.82, 2.24) is 0 Å². The number of hydrogen-bond acceptors (Lipinski definition) is 3. The van der Waals surface area contributed by atoms with Crippen LogP contribution in [0.3, 0.4) is 0 Å². The minimum atomic E-state index is -0.551. The predicted octanol–water partition coefficient (Wildman–Crippen LogP) is 10.4. The fourth-order valence-electron chi connectivity index (χ4n) is 8.22. The largest absolute Gasteiger partial charge is 0.462 e. The molecule has 0 aromatic rings. The average molecular weight is 555 g/mol. The van der Waals surface area contributed by atoms with Gasteiger partial charge in [-0.1, -0.05) is 102 Å². The number of esters is 1. The molecule has 0 heterocycles. The molecule has 5 atom stereocenters. The smallest absolute Gasteiger partial charge is 0.306 e. The summed E-state index contributed by atoms with van der Waals surface area (Å²) in [5.74, 6) is 2.16. The lowest BCUT2D eigenvalue weighted by Crippen LogP contribution is -2.36. The van der Waals surface area contributed by atoms with Gasteiger partial charge in [-0.05, 0) is 100 Å². The molecule has 0 aliphatic heterocycles. The first-order valence-corrected chi connectivity index (χ1v) is 17.0. The Morgan fingerprint density at radius 1 is 1.07 bits per heavy atom. The number of carbonyl (C=O) groups is 1. The van der Waals surface area contributed by atoms with Crippen LogP contribution in [0.5, 0.6) is 0 Å². The summed E-state index contributed by atoms with van der Waals surface area (Å²) in [7, 11) is 0. The first-order valence-electron chi connectivity index (χ1n) is 17.0. The van der Waals surface area contributed by atoms with Crippen LogP contribution in [0.25, 0.3) is 0 Å². The molecular formula is C37H62O3. The number of fused-ring (bicyclic) bond motifs is 1. The number of ether oxygens (including phenoxy) is 1. The van der Waals surface area contributed by atoms with Gasteiger partial charge >= 0.3 is 5.97 Å². The summed E-state index contributed by atoms with van der Waals surface area (Å²) in [6.45, 7) is 15.5. The highest BCUT2D eigenvalue weighted by Crippen LogP contribution is 2.60. The molecule has 3 rings (SSSR count). The Morgan fingerprint density at radius 2 is 1.80 bits per heavy atom. The fourth-order valence-corrected chi connectivity index (χ4v) is 8.22. The van der Waals surface area contributed by atoms with E-state index in [1.807, 2.05) is 13.8 Å². The van der Waals surface area contributed by atoms with Gasteiger partial charge in [-0.3, -0.25) is 4.79 Å². The second kappa shape index (κ2) is 15.8. The lowest BCUT2D eigenvalue weighted by molar-refractivity contribution is -0.149. The van der Waals surface area contributed by atoms with E-state index in [-0.39, 0.29) is 12.1 Å². The molecule has 0 spiro atoms. The SMILES string of the molecule is C=C1CC[C@H](OC(=O)CCCCCCCCC)C/C1=C/C=C1CCC[C@@]2(C)C1CC[C@@H]2[C@H](C)CCCC(C)(C)O. The molecule has 3 fully saturated rings. The summed E-state index contributed by atoms with van der Waals surface area (Å²) >= 11 is 0. The van der Waals surface area contributed by atoms with Crippen molar-refractivity contribution in [1.29, 1.82) is 0 Å². The van der Waals surface area contributed by atoms with Crippen molar-refractivity contribution in [3.8, 4) is 0 Å². The summed E-state index contributed by atoms with van der Waals surface area (Å²) in [5.41, 5.74) is 3.99. The molecule has 3 aliphatic carbocycles. The third-order valence-electron chi connectivity index (χ3n) is 10.6. The predicted molar refractivity (Wildman–Crippen MR) is 169 cm³/mol. The molecule has 0 bridgehead atoms. The molecule has 1 N–H and O–H groups in total. The minimum absolute atomic E-state index is 0.00411. The number of carbonyl (C=O) groups excluding carboxylic acids is 1. The molecule has 3 heteroatoms. The van der Waals surface area contributed by atoms with Gasteiger partial charge in [-0.15, -0.1) is 0 Å². The molecule has 0 aromatic heterocycles. The molecule has 3 aliphatic rings. The van der Waals surface area contributed by atoms with Crippen molar-refractivity contribution < 1.29 is 14.6 Å². The molecule has 3 nitrogen and oxygen atoms in total. The molecule has 40 heavy (non-hydrogen) atoms. The van der Waals surface area contributed by atoms with Crippen molar-refractivity contribution in [3.05, 3.63) is 35.5 Å².